The Hall–Kier alpha value is -0.980. The maximum absolute atomic E-state index is 8.73. The van der Waals surface area contributed by atoms with Crippen molar-refractivity contribution in [2.75, 3.05) is 18.8 Å². The van der Waals surface area contributed by atoms with Crippen LogP contribution in [0.2, 0.25) is 0 Å². The van der Waals surface area contributed by atoms with Gasteiger partial charge in [-0.05, 0) is 24.2 Å². The zero-order chi connectivity index (χ0) is 12.8. The quantitative estimate of drug-likeness (QED) is 0.763. The van der Waals surface area contributed by atoms with Gasteiger partial charge in [0.05, 0.1) is 6.07 Å². The molecule has 0 saturated heterocycles. The molecule has 1 aliphatic carbocycles. The monoisotopic (exact) mass is 260 g/mol. The predicted molar refractivity (Wildman–Crippen MR) is 77.9 cm³/mol. The van der Waals surface area contributed by atoms with Crippen LogP contribution in [0, 0.1) is 11.3 Å². The molecule has 1 aromatic rings. The van der Waals surface area contributed by atoms with Gasteiger partial charge in [0.25, 0.3) is 0 Å². The highest BCUT2D eigenvalue weighted by atomic mass is 32.1. The SMILES string of the molecule is N#CCCN(CC(CS)c1ccccc1)C1CC1. The van der Waals surface area contributed by atoms with Crippen molar-refractivity contribution in [1.82, 2.24) is 4.90 Å². The van der Waals surface area contributed by atoms with Crippen molar-refractivity contribution >= 4 is 12.6 Å². The molecule has 3 heteroatoms. The highest BCUT2D eigenvalue weighted by Gasteiger charge is 2.30. The fraction of sp³-hybridized carbons (Fsp3) is 0.533. The van der Waals surface area contributed by atoms with Crippen molar-refractivity contribution in [1.29, 1.82) is 5.26 Å². The topological polar surface area (TPSA) is 27.0 Å². The Kier molecular flexibility index (Phi) is 5.10. The second-order valence-electron chi connectivity index (χ2n) is 4.92. The first-order valence-electron chi connectivity index (χ1n) is 6.62. The molecule has 0 spiro atoms. The van der Waals surface area contributed by atoms with E-state index < -0.39 is 0 Å². The van der Waals surface area contributed by atoms with Crippen LogP contribution >= 0.6 is 12.6 Å². The van der Waals surface area contributed by atoms with Crippen molar-refractivity contribution in [3.8, 4) is 6.07 Å². The summed E-state index contributed by atoms with van der Waals surface area (Å²) in [6.45, 7) is 1.93. The van der Waals surface area contributed by atoms with Crippen LogP contribution in [-0.2, 0) is 0 Å². The van der Waals surface area contributed by atoms with E-state index >= 15 is 0 Å². The van der Waals surface area contributed by atoms with Crippen LogP contribution in [0.4, 0.5) is 0 Å². The van der Waals surface area contributed by atoms with Crippen molar-refractivity contribution in [3.63, 3.8) is 0 Å². The molecular formula is C15H20N2S. The van der Waals surface area contributed by atoms with E-state index in [1.807, 2.05) is 6.07 Å². The zero-order valence-electron chi connectivity index (χ0n) is 10.6. The van der Waals surface area contributed by atoms with Crippen molar-refractivity contribution in [3.05, 3.63) is 35.9 Å². The van der Waals surface area contributed by atoms with E-state index in [-0.39, 0.29) is 0 Å². The number of hydrogen-bond acceptors (Lipinski definition) is 3. The summed E-state index contributed by atoms with van der Waals surface area (Å²) in [5, 5.41) is 8.73. The first-order chi connectivity index (χ1) is 8.85. The molecule has 1 atom stereocenters. The largest absolute Gasteiger partial charge is 0.299 e. The average Bonchev–Trinajstić information content (AvgIpc) is 3.25. The molecule has 0 bridgehead atoms. The minimum absolute atomic E-state index is 0.467. The van der Waals surface area contributed by atoms with E-state index in [1.54, 1.807) is 0 Å². The summed E-state index contributed by atoms with van der Waals surface area (Å²) in [6.07, 6.45) is 3.21. The molecule has 1 saturated carbocycles. The van der Waals surface area contributed by atoms with Gasteiger partial charge in [0.1, 0.15) is 0 Å². The minimum atomic E-state index is 0.467. The van der Waals surface area contributed by atoms with Crippen LogP contribution < -0.4 is 0 Å². The Morgan fingerprint density at radius 1 is 1.33 bits per heavy atom. The van der Waals surface area contributed by atoms with Crippen LogP contribution in [0.25, 0.3) is 0 Å². The standard InChI is InChI=1S/C15H20N2S/c16-9-4-10-17(15-7-8-15)11-14(12-18)13-5-2-1-3-6-13/h1-3,5-6,14-15,18H,4,7-8,10-12H2. The lowest BCUT2D eigenvalue weighted by Crippen LogP contribution is -2.32. The average molecular weight is 260 g/mol. The van der Waals surface area contributed by atoms with Crippen LogP contribution in [0.15, 0.2) is 30.3 Å². The Balaban J connectivity index is 1.97. The molecule has 0 amide bonds. The smallest absolute Gasteiger partial charge is 0.0635 e. The van der Waals surface area contributed by atoms with E-state index in [4.69, 9.17) is 5.26 Å². The van der Waals surface area contributed by atoms with Gasteiger partial charge in [-0.1, -0.05) is 30.3 Å². The Labute approximate surface area is 115 Å². The van der Waals surface area contributed by atoms with E-state index in [0.29, 0.717) is 18.4 Å². The minimum Gasteiger partial charge on any atom is -0.299 e. The highest BCUT2D eigenvalue weighted by Crippen LogP contribution is 2.29. The first-order valence-corrected chi connectivity index (χ1v) is 7.25. The number of nitriles is 1. The van der Waals surface area contributed by atoms with Gasteiger partial charge in [-0.15, -0.1) is 0 Å². The van der Waals surface area contributed by atoms with E-state index in [0.717, 1.165) is 18.8 Å². The summed E-state index contributed by atoms with van der Waals surface area (Å²) in [5.41, 5.74) is 1.36. The lowest BCUT2D eigenvalue weighted by Gasteiger charge is -2.26. The second-order valence-corrected chi connectivity index (χ2v) is 5.29. The van der Waals surface area contributed by atoms with E-state index in [2.05, 4.69) is 47.9 Å². The van der Waals surface area contributed by atoms with Gasteiger partial charge in [0, 0.05) is 31.5 Å². The van der Waals surface area contributed by atoms with Crippen LogP contribution in [0.1, 0.15) is 30.7 Å². The molecule has 1 fully saturated rings. The number of benzene rings is 1. The van der Waals surface area contributed by atoms with Crippen LogP contribution in [0.3, 0.4) is 0 Å². The molecule has 2 nitrogen and oxygen atoms in total. The van der Waals surface area contributed by atoms with Gasteiger partial charge < -0.3 is 0 Å². The molecule has 1 aromatic carbocycles. The van der Waals surface area contributed by atoms with E-state index in [9.17, 15) is 0 Å². The van der Waals surface area contributed by atoms with Crippen LogP contribution in [0.5, 0.6) is 0 Å². The number of hydrogen-bond donors (Lipinski definition) is 1. The molecule has 0 radical (unpaired) electrons. The highest BCUT2D eigenvalue weighted by molar-refractivity contribution is 7.80. The molecule has 2 rings (SSSR count). The molecule has 18 heavy (non-hydrogen) atoms. The molecular weight excluding hydrogens is 240 g/mol. The summed E-state index contributed by atoms with van der Waals surface area (Å²) in [5.74, 6) is 1.33. The summed E-state index contributed by atoms with van der Waals surface area (Å²) in [7, 11) is 0. The number of nitrogens with zero attached hydrogens (tertiary/aromatic N) is 2. The normalized spacial score (nSPS) is 16.5. The zero-order valence-corrected chi connectivity index (χ0v) is 11.5. The van der Waals surface area contributed by atoms with Crippen molar-refractivity contribution < 1.29 is 0 Å². The Morgan fingerprint density at radius 3 is 2.61 bits per heavy atom. The molecule has 0 aromatic heterocycles. The lowest BCUT2D eigenvalue weighted by atomic mass is 10.0. The number of rotatable bonds is 7. The summed E-state index contributed by atoms with van der Waals surface area (Å²) >= 11 is 4.49. The second kappa shape index (κ2) is 6.82. The fourth-order valence-corrected chi connectivity index (χ4v) is 2.66. The maximum Gasteiger partial charge on any atom is 0.0635 e. The molecule has 0 aliphatic heterocycles. The molecule has 96 valence electrons. The van der Waals surface area contributed by atoms with Gasteiger partial charge in [-0.25, -0.2) is 0 Å². The molecule has 1 unspecified atom stereocenters. The van der Waals surface area contributed by atoms with Crippen molar-refractivity contribution in [2.45, 2.75) is 31.2 Å². The lowest BCUT2D eigenvalue weighted by molar-refractivity contribution is 0.257. The third-order valence-electron chi connectivity index (χ3n) is 3.52. The third-order valence-corrected chi connectivity index (χ3v) is 3.96. The molecule has 1 aliphatic rings. The first kappa shape index (κ1) is 13.5. The van der Waals surface area contributed by atoms with E-state index in [1.165, 1.54) is 18.4 Å². The summed E-state index contributed by atoms with van der Waals surface area (Å²) in [4.78, 5) is 2.47. The Bertz CT molecular complexity index is 395. The van der Waals surface area contributed by atoms with Gasteiger partial charge in [-0.3, -0.25) is 4.90 Å². The predicted octanol–water partition coefficient (Wildman–Crippen LogP) is 3.08. The van der Waals surface area contributed by atoms with Gasteiger partial charge in [0.15, 0.2) is 0 Å². The fourth-order valence-electron chi connectivity index (χ4n) is 2.33. The number of thiol groups is 1. The molecule has 0 heterocycles. The van der Waals surface area contributed by atoms with Gasteiger partial charge in [0.2, 0.25) is 0 Å². The van der Waals surface area contributed by atoms with Crippen LogP contribution in [-0.4, -0.2) is 29.8 Å². The van der Waals surface area contributed by atoms with Crippen molar-refractivity contribution in [2.24, 2.45) is 0 Å². The summed E-state index contributed by atoms with van der Waals surface area (Å²) < 4.78 is 0. The van der Waals surface area contributed by atoms with Gasteiger partial charge >= 0.3 is 0 Å². The maximum atomic E-state index is 8.73. The molecule has 0 N–H and O–H groups in total. The Morgan fingerprint density at radius 2 is 2.06 bits per heavy atom. The third kappa shape index (κ3) is 3.76. The summed E-state index contributed by atoms with van der Waals surface area (Å²) in [6, 6.07) is 13.5. The van der Waals surface area contributed by atoms with Gasteiger partial charge in [-0.2, -0.15) is 17.9 Å².